The molecule has 0 saturated heterocycles. The molecule has 0 aliphatic rings. The number of aliphatic carboxylic acids is 1. The number of nitrogens with two attached hydrogens (primary N) is 1. The van der Waals surface area contributed by atoms with E-state index in [4.69, 9.17) is 17.3 Å². The Labute approximate surface area is 82.9 Å². The largest absolute Gasteiger partial charge is 0.480 e. The van der Waals surface area contributed by atoms with E-state index in [0.29, 0.717) is 0 Å². The normalized spacial score (nSPS) is 11.5. The molecule has 1 unspecified atom stereocenters. The smallest absolute Gasteiger partial charge is 0.323 e. The van der Waals surface area contributed by atoms with Gasteiger partial charge in [0.1, 0.15) is 6.54 Å². The topological polar surface area (TPSA) is 83.6 Å². The highest BCUT2D eigenvalue weighted by atomic mass is 16.4. The van der Waals surface area contributed by atoms with Gasteiger partial charge in [-0.1, -0.05) is 12.8 Å². The maximum Gasteiger partial charge on any atom is 0.323 e. The second kappa shape index (κ2) is 6.00. The second-order valence-electron chi connectivity index (χ2n) is 2.93. The number of carboxylic acids is 1. The third-order valence-electron chi connectivity index (χ3n) is 1.70. The summed E-state index contributed by atoms with van der Waals surface area (Å²) in [6.45, 7) is 1.43. The molecule has 3 N–H and O–H groups in total. The number of carbonyl (C=O) groups excluding carboxylic acids is 1. The van der Waals surface area contributed by atoms with E-state index in [1.165, 1.54) is 0 Å². The summed E-state index contributed by atoms with van der Waals surface area (Å²) in [4.78, 5) is 23.0. The molecule has 0 aromatic heterocycles. The van der Waals surface area contributed by atoms with Crippen molar-refractivity contribution in [2.45, 2.75) is 6.92 Å². The van der Waals surface area contributed by atoms with Gasteiger partial charge in [0.25, 0.3) is 0 Å². The predicted octanol–water partition coefficient (Wildman–Crippen LogP) is -0.872. The van der Waals surface area contributed by atoms with Gasteiger partial charge in [0.05, 0.1) is 6.54 Å². The van der Waals surface area contributed by atoms with Crippen LogP contribution in [0.3, 0.4) is 0 Å². The molecule has 14 heavy (non-hydrogen) atoms. The third kappa shape index (κ3) is 3.92. The zero-order valence-electron chi connectivity index (χ0n) is 8.06. The first kappa shape index (κ1) is 12.5. The van der Waals surface area contributed by atoms with E-state index in [1.807, 2.05) is 0 Å². The van der Waals surface area contributed by atoms with Crippen molar-refractivity contribution >= 4 is 11.9 Å². The molecule has 0 aliphatic carbocycles. The van der Waals surface area contributed by atoms with Gasteiger partial charge in [-0.15, -0.1) is 6.42 Å². The van der Waals surface area contributed by atoms with Crippen LogP contribution in [-0.2, 0) is 9.59 Å². The summed E-state index contributed by atoms with van der Waals surface area (Å²) in [5.74, 6) is 0.422. The van der Waals surface area contributed by atoms with E-state index >= 15 is 0 Å². The summed E-state index contributed by atoms with van der Waals surface area (Å²) >= 11 is 0. The average Bonchev–Trinajstić information content (AvgIpc) is 2.14. The number of carbonyl (C=O) groups is 2. The van der Waals surface area contributed by atoms with Crippen molar-refractivity contribution in [3.05, 3.63) is 0 Å². The van der Waals surface area contributed by atoms with E-state index < -0.39 is 11.9 Å². The monoisotopic (exact) mass is 198 g/mol. The van der Waals surface area contributed by atoms with E-state index in [1.54, 1.807) is 6.92 Å². The van der Waals surface area contributed by atoms with Crippen LogP contribution in [0.4, 0.5) is 0 Å². The molecule has 78 valence electrons. The van der Waals surface area contributed by atoms with Crippen molar-refractivity contribution in [1.82, 2.24) is 4.90 Å². The molecule has 1 atom stereocenters. The number of amides is 1. The van der Waals surface area contributed by atoms with Crippen molar-refractivity contribution in [1.29, 1.82) is 0 Å². The summed E-state index contributed by atoms with van der Waals surface area (Å²) in [7, 11) is 0. The second-order valence-corrected chi connectivity index (χ2v) is 2.93. The molecule has 0 spiro atoms. The number of rotatable bonds is 5. The lowest BCUT2D eigenvalue weighted by Crippen LogP contribution is -2.41. The van der Waals surface area contributed by atoms with Gasteiger partial charge < -0.3 is 15.7 Å². The van der Waals surface area contributed by atoms with Crippen molar-refractivity contribution in [2.24, 2.45) is 11.7 Å². The lowest BCUT2D eigenvalue weighted by Gasteiger charge is -2.21. The van der Waals surface area contributed by atoms with Crippen LogP contribution in [0.25, 0.3) is 0 Å². The van der Waals surface area contributed by atoms with E-state index in [2.05, 4.69) is 5.92 Å². The van der Waals surface area contributed by atoms with Crippen molar-refractivity contribution in [3.63, 3.8) is 0 Å². The van der Waals surface area contributed by atoms with Crippen molar-refractivity contribution < 1.29 is 14.7 Å². The maximum atomic E-state index is 11.5. The van der Waals surface area contributed by atoms with E-state index in [9.17, 15) is 9.59 Å². The summed E-state index contributed by atoms with van der Waals surface area (Å²) in [5, 5.41) is 8.52. The van der Waals surface area contributed by atoms with Crippen LogP contribution in [-0.4, -0.2) is 41.5 Å². The molecule has 0 heterocycles. The molecule has 0 saturated carbocycles. The van der Waals surface area contributed by atoms with Crippen LogP contribution in [0.1, 0.15) is 6.92 Å². The SMILES string of the molecule is C#CCN(CC(=O)O)C(=O)C(C)CN. The number of terminal acetylenes is 1. The first-order valence-corrected chi connectivity index (χ1v) is 4.17. The fourth-order valence-corrected chi connectivity index (χ4v) is 0.898. The fraction of sp³-hybridized carbons (Fsp3) is 0.556. The summed E-state index contributed by atoms with van der Waals surface area (Å²) in [6, 6.07) is 0. The Kier molecular flexibility index (Phi) is 5.34. The first-order chi connectivity index (χ1) is 6.52. The minimum absolute atomic E-state index is 0.00449. The fourth-order valence-electron chi connectivity index (χ4n) is 0.898. The highest BCUT2D eigenvalue weighted by Gasteiger charge is 2.20. The van der Waals surface area contributed by atoms with Gasteiger partial charge in [-0.2, -0.15) is 0 Å². The lowest BCUT2D eigenvalue weighted by molar-refractivity contribution is -0.145. The maximum absolute atomic E-state index is 11.5. The zero-order chi connectivity index (χ0) is 11.1. The van der Waals surface area contributed by atoms with Gasteiger partial charge in [-0.05, 0) is 0 Å². The third-order valence-corrected chi connectivity index (χ3v) is 1.70. The lowest BCUT2D eigenvalue weighted by atomic mass is 10.1. The molecule has 0 bridgehead atoms. The minimum atomic E-state index is -1.09. The Bertz CT molecular complexity index is 257. The van der Waals surface area contributed by atoms with Crippen LogP contribution >= 0.6 is 0 Å². The minimum Gasteiger partial charge on any atom is -0.480 e. The number of hydrogen-bond donors (Lipinski definition) is 2. The zero-order valence-corrected chi connectivity index (χ0v) is 8.06. The van der Waals surface area contributed by atoms with Crippen molar-refractivity contribution in [3.8, 4) is 12.3 Å². The molecular formula is C9H14N2O3. The van der Waals surface area contributed by atoms with E-state index in [-0.39, 0.29) is 25.5 Å². The van der Waals surface area contributed by atoms with Gasteiger partial charge in [-0.3, -0.25) is 9.59 Å². The molecule has 0 rings (SSSR count). The molecule has 0 fully saturated rings. The Morgan fingerprint density at radius 2 is 2.21 bits per heavy atom. The Morgan fingerprint density at radius 3 is 2.57 bits per heavy atom. The Hall–Kier alpha value is -1.54. The summed E-state index contributed by atoms with van der Waals surface area (Å²) in [5.41, 5.74) is 5.29. The average molecular weight is 198 g/mol. The Balaban J connectivity index is 4.41. The predicted molar refractivity (Wildman–Crippen MR) is 51.3 cm³/mol. The van der Waals surface area contributed by atoms with Crippen LogP contribution in [0, 0.1) is 18.3 Å². The summed E-state index contributed by atoms with van der Waals surface area (Å²) < 4.78 is 0. The van der Waals surface area contributed by atoms with Crippen LogP contribution in [0.2, 0.25) is 0 Å². The molecule has 5 nitrogen and oxygen atoms in total. The molecule has 0 aromatic carbocycles. The first-order valence-electron chi connectivity index (χ1n) is 4.17. The van der Waals surface area contributed by atoms with Crippen LogP contribution in [0.5, 0.6) is 0 Å². The van der Waals surface area contributed by atoms with Gasteiger partial charge in [0.2, 0.25) is 5.91 Å². The van der Waals surface area contributed by atoms with Crippen molar-refractivity contribution in [2.75, 3.05) is 19.6 Å². The number of hydrogen-bond acceptors (Lipinski definition) is 3. The van der Waals surface area contributed by atoms with Gasteiger partial charge in [0.15, 0.2) is 0 Å². The molecule has 0 radical (unpaired) electrons. The Morgan fingerprint density at radius 1 is 1.64 bits per heavy atom. The number of nitrogens with zero attached hydrogens (tertiary/aromatic N) is 1. The quantitative estimate of drug-likeness (QED) is 0.562. The van der Waals surface area contributed by atoms with Gasteiger partial charge in [-0.25, -0.2) is 0 Å². The highest BCUT2D eigenvalue weighted by Crippen LogP contribution is 2.00. The molecule has 5 heteroatoms. The molecule has 1 amide bonds. The molecule has 0 aliphatic heterocycles. The van der Waals surface area contributed by atoms with Crippen LogP contribution < -0.4 is 5.73 Å². The molecule has 0 aromatic rings. The van der Waals surface area contributed by atoms with Crippen LogP contribution in [0.15, 0.2) is 0 Å². The number of carboxylic acid groups (broad SMARTS) is 1. The van der Waals surface area contributed by atoms with E-state index in [0.717, 1.165) is 4.90 Å². The van der Waals surface area contributed by atoms with Gasteiger partial charge >= 0.3 is 5.97 Å². The summed E-state index contributed by atoms with van der Waals surface area (Å²) in [6.07, 6.45) is 5.02. The highest BCUT2D eigenvalue weighted by molar-refractivity contribution is 5.83. The standard InChI is InChI=1S/C9H14N2O3/c1-3-4-11(6-8(12)13)9(14)7(2)5-10/h1,7H,4-6,10H2,2H3,(H,12,13). The van der Waals surface area contributed by atoms with Gasteiger partial charge in [0, 0.05) is 12.5 Å². The molecular weight excluding hydrogens is 184 g/mol.